The first-order valence-corrected chi connectivity index (χ1v) is 6.84. The highest BCUT2D eigenvalue weighted by Gasteiger charge is 2.17. The SMILES string of the molecule is Cc1ccc(N(C)C(CN)c2cc(F)cc(Cl)c2)cc1. The van der Waals surface area contributed by atoms with Crippen LogP contribution in [0.4, 0.5) is 10.1 Å². The number of nitrogens with zero attached hydrogens (tertiary/aromatic N) is 1. The number of rotatable bonds is 4. The molecule has 2 nitrogen and oxygen atoms in total. The van der Waals surface area contributed by atoms with Gasteiger partial charge in [0.05, 0.1) is 6.04 Å². The quantitative estimate of drug-likeness (QED) is 0.925. The average molecular weight is 293 g/mol. The summed E-state index contributed by atoms with van der Waals surface area (Å²) in [6.07, 6.45) is 0. The van der Waals surface area contributed by atoms with Crippen molar-refractivity contribution in [3.05, 3.63) is 64.4 Å². The van der Waals surface area contributed by atoms with Crippen LogP contribution in [0.3, 0.4) is 0 Å². The van der Waals surface area contributed by atoms with E-state index in [9.17, 15) is 4.39 Å². The van der Waals surface area contributed by atoms with Crippen molar-refractivity contribution in [3.63, 3.8) is 0 Å². The van der Waals surface area contributed by atoms with Gasteiger partial charge in [-0.2, -0.15) is 0 Å². The molecule has 4 heteroatoms. The Kier molecular flexibility index (Phi) is 4.63. The molecule has 2 rings (SSSR count). The lowest BCUT2D eigenvalue weighted by atomic mass is 10.0. The van der Waals surface area contributed by atoms with Gasteiger partial charge in [-0.3, -0.25) is 0 Å². The number of likely N-dealkylation sites (N-methyl/N-ethyl adjacent to an activating group) is 1. The van der Waals surface area contributed by atoms with Crippen LogP contribution in [0.25, 0.3) is 0 Å². The van der Waals surface area contributed by atoms with Gasteiger partial charge in [0, 0.05) is 24.3 Å². The summed E-state index contributed by atoms with van der Waals surface area (Å²) in [6.45, 7) is 2.42. The molecule has 0 radical (unpaired) electrons. The van der Waals surface area contributed by atoms with Crippen molar-refractivity contribution in [1.29, 1.82) is 0 Å². The van der Waals surface area contributed by atoms with Crippen molar-refractivity contribution >= 4 is 17.3 Å². The van der Waals surface area contributed by atoms with Gasteiger partial charge in [-0.1, -0.05) is 29.3 Å². The largest absolute Gasteiger partial charge is 0.366 e. The Morgan fingerprint density at radius 3 is 2.40 bits per heavy atom. The molecule has 0 amide bonds. The van der Waals surface area contributed by atoms with Gasteiger partial charge >= 0.3 is 0 Å². The molecule has 0 fully saturated rings. The first-order valence-electron chi connectivity index (χ1n) is 6.47. The lowest BCUT2D eigenvalue weighted by molar-refractivity contribution is 0.615. The van der Waals surface area contributed by atoms with Gasteiger partial charge in [0.2, 0.25) is 0 Å². The fraction of sp³-hybridized carbons (Fsp3) is 0.250. The Bertz CT molecular complexity index is 563. The monoisotopic (exact) mass is 292 g/mol. The second-order valence-corrected chi connectivity index (χ2v) is 5.34. The predicted molar refractivity (Wildman–Crippen MR) is 82.8 cm³/mol. The average Bonchev–Trinajstić information content (AvgIpc) is 2.39. The van der Waals surface area contributed by atoms with Crippen LogP contribution in [0.2, 0.25) is 5.02 Å². The summed E-state index contributed by atoms with van der Waals surface area (Å²) >= 11 is 5.92. The van der Waals surface area contributed by atoms with E-state index in [1.54, 1.807) is 6.07 Å². The highest BCUT2D eigenvalue weighted by Crippen LogP contribution is 2.27. The zero-order valence-corrected chi connectivity index (χ0v) is 12.4. The van der Waals surface area contributed by atoms with Crippen molar-refractivity contribution in [2.75, 3.05) is 18.5 Å². The number of anilines is 1. The standard InChI is InChI=1S/C16H18ClFN2/c1-11-3-5-15(6-4-11)20(2)16(10-19)12-7-13(17)9-14(18)8-12/h3-9,16H,10,19H2,1-2H3. The lowest BCUT2D eigenvalue weighted by Crippen LogP contribution is -2.30. The van der Waals surface area contributed by atoms with E-state index >= 15 is 0 Å². The van der Waals surface area contributed by atoms with Crippen LogP contribution >= 0.6 is 11.6 Å². The highest BCUT2D eigenvalue weighted by molar-refractivity contribution is 6.30. The molecule has 1 atom stereocenters. The van der Waals surface area contributed by atoms with Crippen molar-refractivity contribution in [3.8, 4) is 0 Å². The lowest BCUT2D eigenvalue weighted by Gasteiger charge is -2.29. The topological polar surface area (TPSA) is 29.3 Å². The van der Waals surface area contributed by atoms with Crippen molar-refractivity contribution in [1.82, 2.24) is 0 Å². The number of hydrogen-bond donors (Lipinski definition) is 1. The molecule has 0 bridgehead atoms. The van der Waals surface area contributed by atoms with Crippen LogP contribution in [-0.2, 0) is 0 Å². The van der Waals surface area contributed by atoms with Gasteiger partial charge in [-0.15, -0.1) is 0 Å². The summed E-state index contributed by atoms with van der Waals surface area (Å²) in [7, 11) is 1.95. The second-order valence-electron chi connectivity index (χ2n) is 4.90. The molecule has 20 heavy (non-hydrogen) atoms. The molecule has 0 heterocycles. The van der Waals surface area contributed by atoms with Gasteiger partial charge in [0.1, 0.15) is 5.82 Å². The van der Waals surface area contributed by atoms with E-state index in [4.69, 9.17) is 17.3 Å². The zero-order valence-electron chi connectivity index (χ0n) is 11.6. The third-order valence-electron chi connectivity index (χ3n) is 3.40. The van der Waals surface area contributed by atoms with Crippen LogP contribution in [0.5, 0.6) is 0 Å². The Hall–Kier alpha value is -1.58. The molecule has 0 saturated heterocycles. The van der Waals surface area contributed by atoms with Crippen LogP contribution in [0.1, 0.15) is 17.2 Å². The summed E-state index contributed by atoms with van der Waals surface area (Å²) < 4.78 is 13.5. The number of nitrogens with two attached hydrogens (primary N) is 1. The maximum atomic E-state index is 13.5. The van der Waals surface area contributed by atoms with Crippen molar-refractivity contribution in [2.45, 2.75) is 13.0 Å². The predicted octanol–water partition coefficient (Wildman–Crippen LogP) is 3.92. The summed E-state index contributed by atoms with van der Waals surface area (Å²) in [4.78, 5) is 2.03. The van der Waals surface area contributed by atoms with Crippen LogP contribution in [0, 0.1) is 12.7 Å². The Balaban J connectivity index is 2.33. The Labute approximate surface area is 124 Å². The molecule has 0 aliphatic rings. The smallest absolute Gasteiger partial charge is 0.125 e. The van der Waals surface area contributed by atoms with Crippen molar-refractivity contribution < 1.29 is 4.39 Å². The van der Waals surface area contributed by atoms with E-state index in [0.717, 1.165) is 11.3 Å². The maximum absolute atomic E-state index is 13.5. The second kappa shape index (κ2) is 6.25. The number of benzene rings is 2. The van der Waals surface area contributed by atoms with Crippen LogP contribution in [0.15, 0.2) is 42.5 Å². The first-order chi connectivity index (χ1) is 9.51. The minimum Gasteiger partial charge on any atom is -0.366 e. The van der Waals surface area contributed by atoms with E-state index < -0.39 is 0 Å². The molecular weight excluding hydrogens is 275 g/mol. The van der Waals surface area contributed by atoms with E-state index in [-0.39, 0.29) is 11.9 Å². The van der Waals surface area contributed by atoms with Gasteiger partial charge in [-0.05, 0) is 42.8 Å². The van der Waals surface area contributed by atoms with Crippen molar-refractivity contribution in [2.24, 2.45) is 5.73 Å². The number of aryl methyl sites for hydroxylation is 1. The molecule has 106 valence electrons. The number of halogens is 2. The zero-order chi connectivity index (χ0) is 14.7. The Morgan fingerprint density at radius 2 is 1.85 bits per heavy atom. The molecular formula is C16H18ClFN2. The van der Waals surface area contributed by atoms with Gasteiger partial charge < -0.3 is 10.6 Å². The third-order valence-corrected chi connectivity index (χ3v) is 3.62. The summed E-state index contributed by atoms with van der Waals surface area (Å²) in [5, 5.41) is 0.385. The highest BCUT2D eigenvalue weighted by atomic mass is 35.5. The van der Waals surface area contributed by atoms with E-state index in [2.05, 4.69) is 0 Å². The maximum Gasteiger partial charge on any atom is 0.125 e. The summed E-state index contributed by atoms with van der Waals surface area (Å²) in [6, 6.07) is 12.5. The molecule has 2 aromatic rings. The van der Waals surface area contributed by atoms with Gasteiger partial charge in [0.25, 0.3) is 0 Å². The summed E-state index contributed by atoms with van der Waals surface area (Å²) in [5.74, 6) is -0.344. The fourth-order valence-corrected chi connectivity index (χ4v) is 2.48. The molecule has 0 aliphatic heterocycles. The molecule has 2 N–H and O–H groups in total. The first kappa shape index (κ1) is 14.8. The normalized spacial score (nSPS) is 12.2. The molecule has 0 aliphatic carbocycles. The van der Waals surface area contributed by atoms with Gasteiger partial charge in [0.15, 0.2) is 0 Å². The van der Waals surface area contributed by atoms with E-state index in [1.807, 2.05) is 43.1 Å². The molecule has 2 aromatic carbocycles. The third kappa shape index (κ3) is 3.30. The molecule has 1 unspecified atom stereocenters. The summed E-state index contributed by atoms with van der Waals surface area (Å²) in [5.41, 5.74) is 8.87. The molecule has 0 spiro atoms. The van der Waals surface area contributed by atoms with Gasteiger partial charge in [-0.25, -0.2) is 4.39 Å². The minimum absolute atomic E-state index is 0.120. The minimum atomic E-state index is -0.344. The number of hydrogen-bond acceptors (Lipinski definition) is 2. The fourth-order valence-electron chi connectivity index (χ4n) is 2.25. The Morgan fingerprint density at radius 1 is 1.20 bits per heavy atom. The van der Waals surface area contributed by atoms with Crippen LogP contribution < -0.4 is 10.6 Å². The van der Waals surface area contributed by atoms with Crippen LogP contribution in [-0.4, -0.2) is 13.6 Å². The molecule has 0 aromatic heterocycles. The molecule has 0 saturated carbocycles. The van der Waals surface area contributed by atoms with E-state index in [0.29, 0.717) is 11.6 Å². The van der Waals surface area contributed by atoms with E-state index in [1.165, 1.54) is 17.7 Å².